The highest BCUT2D eigenvalue weighted by atomic mass is 35.5. The van der Waals surface area contributed by atoms with Crippen LogP contribution in [0.25, 0.3) is 6.08 Å². The number of nitro groups is 1. The number of non-ortho nitro benzene ring substituents is 1. The van der Waals surface area contributed by atoms with Crippen LogP contribution in [0.1, 0.15) is 5.56 Å². The zero-order chi connectivity index (χ0) is 21.7. The van der Waals surface area contributed by atoms with Gasteiger partial charge in [0.1, 0.15) is 16.0 Å². The summed E-state index contributed by atoms with van der Waals surface area (Å²) in [5, 5.41) is 21.7. The van der Waals surface area contributed by atoms with Gasteiger partial charge in [0.05, 0.1) is 9.82 Å². The number of allylic oxidation sites excluding steroid dienone is 1. The van der Waals surface area contributed by atoms with E-state index in [1.54, 1.807) is 30.5 Å². The van der Waals surface area contributed by atoms with Crippen molar-refractivity contribution < 1.29 is 13.3 Å². The van der Waals surface area contributed by atoms with E-state index in [2.05, 4.69) is 4.98 Å². The number of aromatic nitrogens is 1. The van der Waals surface area contributed by atoms with Crippen molar-refractivity contribution in [2.45, 2.75) is 14.8 Å². The van der Waals surface area contributed by atoms with E-state index in [0.717, 1.165) is 6.08 Å². The lowest BCUT2D eigenvalue weighted by atomic mass is 10.2. The van der Waals surface area contributed by atoms with Crippen LogP contribution in [0.4, 0.5) is 5.69 Å². The second-order valence-corrected chi connectivity index (χ2v) is 9.24. The molecule has 150 valence electrons. The Balaban J connectivity index is 2.12. The van der Waals surface area contributed by atoms with Gasteiger partial charge in [-0.05, 0) is 54.1 Å². The minimum absolute atomic E-state index is 0.107. The smallest absolute Gasteiger partial charge is 0.258 e. The molecule has 3 rings (SSSR count). The third kappa shape index (κ3) is 4.86. The average molecular weight is 458 g/mol. The van der Waals surface area contributed by atoms with Gasteiger partial charge < -0.3 is 0 Å². The number of nitriles is 1. The topological polar surface area (TPSA) is 114 Å². The minimum Gasteiger partial charge on any atom is -0.258 e. The number of hydrogen-bond acceptors (Lipinski definition) is 7. The average Bonchev–Trinajstić information content (AvgIpc) is 2.73. The Bertz CT molecular complexity index is 1270. The van der Waals surface area contributed by atoms with Crippen LogP contribution in [-0.2, 0) is 9.84 Å². The van der Waals surface area contributed by atoms with Crippen LogP contribution in [0.5, 0.6) is 0 Å². The predicted octanol–water partition coefficient (Wildman–Crippen LogP) is 5.13. The van der Waals surface area contributed by atoms with Crippen LogP contribution in [0.2, 0.25) is 5.02 Å². The fraction of sp³-hybridized carbons (Fsp3) is 0. The Morgan fingerprint density at radius 2 is 1.90 bits per heavy atom. The summed E-state index contributed by atoms with van der Waals surface area (Å²) in [4.78, 5) is 14.7. The molecule has 2 aromatic carbocycles. The summed E-state index contributed by atoms with van der Waals surface area (Å²) in [6, 6.07) is 16.4. The maximum atomic E-state index is 12.9. The number of hydrogen-bond donors (Lipinski definition) is 0. The molecule has 0 amide bonds. The van der Waals surface area contributed by atoms with E-state index in [4.69, 9.17) is 11.6 Å². The predicted molar refractivity (Wildman–Crippen MR) is 114 cm³/mol. The highest BCUT2D eigenvalue weighted by Crippen LogP contribution is 2.34. The van der Waals surface area contributed by atoms with E-state index in [-0.39, 0.29) is 16.1 Å². The van der Waals surface area contributed by atoms with Crippen molar-refractivity contribution in [3.05, 3.63) is 92.5 Å². The molecule has 0 fully saturated rings. The van der Waals surface area contributed by atoms with Gasteiger partial charge in [0, 0.05) is 28.2 Å². The van der Waals surface area contributed by atoms with Gasteiger partial charge in [0.15, 0.2) is 0 Å². The van der Waals surface area contributed by atoms with Crippen LogP contribution in [0.15, 0.2) is 86.6 Å². The van der Waals surface area contributed by atoms with Crippen LogP contribution in [0.3, 0.4) is 0 Å². The van der Waals surface area contributed by atoms with Crippen LogP contribution in [-0.4, -0.2) is 18.3 Å². The lowest BCUT2D eigenvalue weighted by Crippen LogP contribution is -2.03. The first kappa shape index (κ1) is 21.5. The van der Waals surface area contributed by atoms with Gasteiger partial charge in [-0.15, -0.1) is 0 Å². The van der Waals surface area contributed by atoms with Gasteiger partial charge in [-0.2, -0.15) is 5.26 Å². The number of pyridine rings is 1. The van der Waals surface area contributed by atoms with Crippen molar-refractivity contribution in [3.8, 4) is 6.07 Å². The first-order valence-corrected chi connectivity index (χ1v) is 11.0. The van der Waals surface area contributed by atoms with Crippen LogP contribution >= 0.6 is 23.4 Å². The van der Waals surface area contributed by atoms with E-state index < -0.39 is 19.7 Å². The summed E-state index contributed by atoms with van der Waals surface area (Å²) in [5.74, 6) is 0. The van der Waals surface area contributed by atoms with E-state index in [1.165, 1.54) is 54.2 Å². The maximum absolute atomic E-state index is 12.9. The molecular formula is C20H12ClN3O4S2. The van der Waals surface area contributed by atoms with E-state index in [0.29, 0.717) is 14.9 Å². The number of nitro benzene ring substituents is 1. The standard InChI is InChI=1S/C20H12ClN3O4S2/c21-15-4-7-17(8-5-15)30(27,28)18(13-22)12-14-11-16(24(25)26)6-9-19(14)29-20-3-1-2-10-23-20/h1-12H. The van der Waals surface area contributed by atoms with Gasteiger partial charge in [0.2, 0.25) is 9.84 Å². The molecule has 0 unspecified atom stereocenters. The molecule has 10 heteroatoms. The summed E-state index contributed by atoms with van der Waals surface area (Å²) in [6.45, 7) is 0. The lowest BCUT2D eigenvalue weighted by Gasteiger charge is -2.07. The Morgan fingerprint density at radius 1 is 1.17 bits per heavy atom. The first-order chi connectivity index (χ1) is 14.3. The first-order valence-electron chi connectivity index (χ1n) is 8.31. The van der Waals surface area contributed by atoms with Crippen LogP contribution in [0, 0.1) is 21.4 Å². The third-order valence-corrected chi connectivity index (χ3v) is 6.84. The van der Waals surface area contributed by atoms with Crippen molar-refractivity contribution in [1.82, 2.24) is 4.98 Å². The zero-order valence-corrected chi connectivity index (χ0v) is 17.5. The zero-order valence-electron chi connectivity index (χ0n) is 15.1. The normalized spacial score (nSPS) is 11.7. The van der Waals surface area contributed by atoms with Gasteiger partial charge >= 0.3 is 0 Å². The molecule has 0 aliphatic heterocycles. The summed E-state index contributed by atoms with van der Waals surface area (Å²) >= 11 is 7.00. The molecule has 0 atom stereocenters. The molecule has 0 radical (unpaired) electrons. The summed E-state index contributed by atoms with van der Waals surface area (Å²) in [5.41, 5.74) is -0.0123. The Kier molecular flexibility index (Phi) is 6.52. The Hall–Kier alpha value is -3.19. The molecule has 0 spiro atoms. The second-order valence-electron chi connectivity index (χ2n) is 5.83. The highest BCUT2D eigenvalue weighted by molar-refractivity contribution is 7.99. The summed E-state index contributed by atoms with van der Waals surface area (Å²) in [6.07, 6.45) is 2.72. The summed E-state index contributed by atoms with van der Waals surface area (Å²) in [7, 11) is -4.14. The van der Waals surface area contributed by atoms with Crippen LogP contribution < -0.4 is 0 Å². The molecule has 3 aromatic rings. The van der Waals surface area contributed by atoms with Crippen molar-refractivity contribution in [3.63, 3.8) is 0 Å². The molecule has 0 aliphatic rings. The number of nitrogens with zero attached hydrogens (tertiary/aromatic N) is 3. The van der Waals surface area contributed by atoms with Gasteiger partial charge in [-0.3, -0.25) is 10.1 Å². The number of sulfone groups is 1. The maximum Gasteiger partial charge on any atom is 0.270 e. The fourth-order valence-electron chi connectivity index (χ4n) is 2.43. The van der Waals surface area contributed by atoms with E-state index in [1.807, 2.05) is 0 Å². The molecule has 1 aromatic heterocycles. The highest BCUT2D eigenvalue weighted by Gasteiger charge is 2.22. The van der Waals surface area contributed by atoms with Crippen molar-refractivity contribution >= 4 is 45.0 Å². The van der Waals surface area contributed by atoms with Crippen molar-refractivity contribution in [2.75, 3.05) is 0 Å². The number of benzene rings is 2. The summed E-state index contributed by atoms with van der Waals surface area (Å²) < 4.78 is 25.8. The number of halogens is 1. The molecule has 0 aliphatic carbocycles. The monoisotopic (exact) mass is 457 g/mol. The molecule has 30 heavy (non-hydrogen) atoms. The Morgan fingerprint density at radius 3 is 2.50 bits per heavy atom. The molecule has 7 nitrogen and oxygen atoms in total. The molecule has 0 saturated heterocycles. The quantitative estimate of drug-likeness (QED) is 0.286. The second kappa shape index (κ2) is 9.09. The third-order valence-electron chi connectivity index (χ3n) is 3.87. The molecular weight excluding hydrogens is 446 g/mol. The minimum atomic E-state index is -4.14. The molecule has 0 saturated carbocycles. The van der Waals surface area contributed by atoms with E-state index in [9.17, 15) is 23.8 Å². The largest absolute Gasteiger partial charge is 0.270 e. The van der Waals surface area contributed by atoms with E-state index >= 15 is 0 Å². The fourth-order valence-corrected chi connectivity index (χ4v) is 4.56. The van der Waals surface area contributed by atoms with Gasteiger partial charge in [0.25, 0.3) is 5.69 Å². The molecule has 0 bridgehead atoms. The number of rotatable bonds is 6. The van der Waals surface area contributed by atoms with Crippen molar-refractivity contribution in [2.24, 2.45) is 0 Å². The molecule has 1 heterocycles. The van der Waals surface area contributed by atoms with Gasteiger partial charge in [-0.25, -0.2) is 13.4 Å². The van der Waals surface area contributed by atoms with Crippen molar-refractivity contribution in [1.29, 1.82) is 5.26 Å². The molecule has 0 N–H and O–H groups in total. The van der Waals surface area contributed by atoms with Gasteiger partial charge in [-0.1, -0.05) is 29.4 Å². The lowest BCUT2D eigenvalue weighted by molar-refractivity contribution is -0.384. The SMILES string of the molecule is N#CC(=Cc1cc([N+](=O)[O-])ccc1Sc1ccccn1)S(=O)(=O)c1ccc(Cl)cc1. The Labute approximate surface area is 181 Å².